The van der Waals surface area contributed by atoms with E-state index in [1.165, 1.54) is 0 Å². The monoisotopic (exact) mass is 420 g/mol. The molecule has 7 nitrogen and oxygen atoms in total. The second kappa shape index (κ2) is 8.41. The summed E-state index contributed by atoms with van der Waals surface area (Å²) in [6.07, 6.45) is 0.200. The highest BCUT2D eigenvalue weighted by molar-refractivity contribution is 6.00. The Bertz CT molecular complexity index is 1100. The van der Waals surface area contributed by atoms with Crippen LogP contribution in [0.1, 0.15) is 32.1 Å². The first-order chi connectivity index (χ1) is 14.9. The van der Waals surface area contributed by atoms with E-state index in [1.807, 2.05) is 60.1 Å². The molecule has 162 valence electrons. The number of hydrogen-bond acceptors (Lipinski definition) is 4. The van der Waals surface area contributed by atoms with Crippen molar-refractivity contribution in [2.24, 2.45) is 18.9 Å². The van der Waals surface area contributed by atoms with E-state index in [1.54, 1.807) is 12.0 Å². The maximum absolute atomic E-state index is 13.1. The number of ether oxygens (including phenoxy) is 1. The van der Waals surface area contributed by atoms with E-state index in [0.717, 1.165) is 28.3 Å². The van der Waals surface area contributed by atoms with E-state index in [-0.39, 0.29) is 30.2 Å². The second-order valence-corrected chi connectivity index (χ2v) is 8.35. The van der Waals surface area contributed by atoms with Gasteiger partial charge in [0.25, 0.3) is 0 Å². The molecule has 7 heteroatoms. The molecule has 1 aliphatic rings. The van der Waals surface area contributed by atoms with Gasteiger partial charge in [-0.2, -0.15) is 0 Å². The Morgan fingerprint density at radius 3 is 2.52 bits per heavy atom. The molecule has 1 aliphatic heterocycles. The van der Waals surface area contributed by atoms with Crippen molar-refractivity contribution in [1.82, 2.24) is 14.9 Å². The van der Waals surface area contributed by atoms with Crippen LogP contribution >= 0.6 is 0 Å². The highest BCUT2D eigenvalue weighted by Crippen LogP contribution is 2.29. The lowest BCUT2D eigenvalue weighted by Crippen LogP contribution is -2.38. The summed E-state index contributed by atoms with van der Waals surface area (Å²) in [5, 5.41) is 3.17. The maximum atomic E-state index is 13.1. The minimum atomic E-state index is -0.398. The molecule has 3 aromatic rings. The van der Waals surface area contributed by atoms with Gasteiger partial charge in [-0.15, -0.1) is 0 Å². The number of rotatable bonds is 6. The second-order valence-electron chi connectivity index (χ2n) is 8.35. The summed E-state index contributed by atoms with van der Waals surface area (Å²) in [7, 11) is 3.57. The van der Waals surface area contributed by atoms with Gasteiger partial charge in [-0.05, 0) is 42.3 Å². The number of methoxy groups -OCH3 is 1. The van der Waals surface area contributed by atoms with Crippen molar-refractivity contribution in [3.8, 4) is 5.75 Å². The van der Waals surface area contributed by atoms with Crippen molar-refractivity contribution < 1.29 is 14.3 Å². The molecule has 1 N–H and O–H groups in total. The van der Waals surface area contributed by atoms with Crippen LogP contribution in [0.3, 0.4) is 0 Å². The summed E-state index contributed by atoms with van der Waals surface area (Å²) in [5.41, 5.74) is 2.71. The van der Waals surface area contributed by atoms with Crippen LogP contribution in [0.4, 0.5) is 5.69 Å². The Balaban J connectivity index is 1.51. The third-order valence-electron chi connectivity index (χ3n) is 5.94. The third-order valence-corrected chi connectivity index (χ3v) is 5.94. The Morgan fingerprint density at radius 1 is 1.16 bits per heavy atom. The number of aromatic nitrogens is 2. The van der Waals surface area contributed by atoms with E-state index in [4.69, 9.17) is 9.72 Å². The van der Waals surface area contributed by atoms with Crippen molar-refractivity contribution in [3.05, 3.63) is 54.4 Å². The van der Waals surface area contributed by atoms with Crippen molar-refractivity contribution in [1.29, 1.82) is 0 Å². The number of aryl methyl sites for hydroxylation is 1. The van der Waals surface area contributed by atoms with Gasteiger partial charge in [-0.25, -0.2) is 4.98 Å². The molecule has 2 heterocycles. The summed E-state index contributed by atoms with van der Waals surface area (Å²) in [4.78, 5) is 32.2. The standard InChI is InChI=1S/C24H28N4O3/c1-15(2)22(23-25-19-7-5-6-8-20(19)27(23)3)26-24(30)16-13-21(29)28(14-16)17-9-11-18(31-4)12-10-17/h5-12,15-16,22H,13-14H2,1-4H3,(H,26,30). The minimum absolute atomic E-state index is 0.0471. The first-order valence-electron chi connectivity index (χ1n) is 10.5. The first kappa shape index (κ1) is 20.9. The van der Waals surface area contributed by atoms with Crippen LogP contribution < -0.4 is 15.0 Å². The number of nitrogens with one attached hydrogen (secondary N) is 1. The Labute approximate surface area is 182 Å². The fourth-order valence-corrected chi connectivity index (χ4v) is 4.14. The van der Waals surface area contributed by atoms with Crippen molar-refractivity contribution >= 4 is 28.5 Å². The Kier molecular flexibility index (Phi) is 5.67. The molecule has 0 spiro atoms. The van der Waals surface area contributed by atoms with Crippen molar-refractivity contribution in [2.75, 3.05) is 18.6 Å². The van der Waals surface area contributed by atoms with E-state index in [0.29, 0.717) is 6.54 Å². The molecule has 0 radical (unpaired) electrons. The number of carbonyl (C=O) groups excluding carboxylic acids is 2. The molecule has 2 atom stereocenters. The van der Waals surface area contributed by atoms with Gasteiger partial charge in [0.05, 0.1) is 30.1 Å². The molecule has 31 heavy (non-hydrogen) atoms. The smallest absolute Gasteiger partial charge is 0.227 e. The first-order valence-corrected chi connectivity index (χ1v) is 10.5. The number of para-hydroxylation sites is 2. The van der Waals surface area contributed by atoms with Gasteiger partial charge in [0.15, 0.2) is 0 Å². The van der Waals surface area contributed by atoms with Crippen molar-refractivity contribution in [2.45, 2.75) is 26.3 Å². The molecule has 1 fully saturated rings. The lowest BCUT2D eigenvalue weighted by molar-refractivity contribution is -0.127. The lowest BCUT2D eigenvalue weighted by Gasteiger charge is -2.24. The van der Waals surface area contributed by atoms with Crippen LogP contribution in [0.25, 0.3) is 11.0 Å². The van der Waals surface area contributed by atoms with Gasteiger partial charge in [-0.1, -0.05) is 26.0 Å². The quantitative estimate of drug-likeness (QED) is 0.663. The Morgan fingerprint density at radius 2 is 1.87 bits per heavy atom. The predicted octanol–water partition coefficient (Wildman–Crippen LogP) is 3.45. The van der Waals surface area contributed by atoms with Gasteiger partial charge in [0.1, 0.15) is 11.6 Å². The number of anilines is 1. The molecule has 2 aromatic carbocycles. The lowest BCUT2D eigenvalue weighted by atomic mass is 10.0. The van der Waals surface area contributed by atoms with Gasteiger partial charge >= 0.3 is 0 Å². The molecule has 2 unspecified atom stereocenters. The van der Waals surface area contributed by atoms with E-state index >= 15 is 0 Å². The van der Waals surface area contributed by atoms with Crippen LogP contribution in [0.15, 0.2) is 48.5 Å². The average Bonchev–Trinajstić information content (AvgIpc) is 3.32. The van der Waals surface area contributed by atoms with E-state index in [2.05, 4.69) is 19.2 Å². The Hall–Kier alpha value is -3.35. The van der Waals surface area contributed by atoms with Crippen LogP contribution in [-0.4, -0.2) is 35.0 Å². The van der Waals surface area contributed by atoms with E-state index < -0.39 is 5.92 Å². The van der Waals surface area contributed by atoms with Gasteiger partial charge in [0.2, 0.25) is 11.8 Å². The summed E-state index contributed by atoms with van der Waals surface area (Å²) in [5.74, 6) is 1.14. The summed E-state index contributed by atoms with van der Waals surface area (Å²) < 4.78 is 7.21. The number of imidazole rings is 1. The number of fused-ring (bicyclic) bond motifs is 1. The van der Waals surface area contributed by atoms with Gasteiger partial charge in [-0.3, -0.25) is 9.59 Å². The zero-order chi connectivity index (χ0) is 22.1. The fourth-order valence-electron chi connectivity index (χ4n) is 4.14. The van der Waals surface area contributed by atoms with Gasteiger partial charge < -0.3 is 19.5 Å². The molecule has 0 bridgehead atoms. The zero-order valence-electron chi connectivity index (χ0n) is 18.3. The van der Waals surface area contributed by atoms with Crippen LogP contribution in [0.2, 0.25) is 0 Å². The molecule has 0 saturated carbocycles. The highest BCUT2D eigenvalue weighted by Gasteiger charge is 2.37. The minimum Gasteiger partial charge on any atom is -0.497 e. The largest absolute Gasteiger partial charge is 0.497 e. The molecule has 2 amide bonds. The van der Waals surface area contributed by atoms with Gasteiger partial charge in [0, 0.05) is 25.7 Å². The molecule has 0 aliphatic carbocycles. The fraction of sp³-hybridized carbons (Fsp3) is 0.375. The number of nitrogens with zero attached hydrogens (tertiary/aromatic N) is 3. The SMILES string of the molecule is COc1ccc(N2CC(C(=O)NC(c3nc4ccccc4n3C)C(C)C)CC2=O)cc1. The number of amides is 2. The highest BCUT2D eigenvalue weighted by atomic mass is 16.5. The summed E-state index contributed by atoms with van der Waals surface area (Å²) in [6, 6.07) is 15.0. The molecular formula is C24H28N4O3. The molecule has 4 rings (SSSR count). The zero-order valence-corrected chi connectivity index (χ0v) is 18.3. The number of benzene rings is 2. The van der Waals surface area contributed by atoms with Crippen LogP contribution in [0.5, 0.6) is 5.75 Å². The molecule has 1 saturated heterocycles. The summed E-state index contributed by atoms with van der Waals surface area (Å²) in [6.45, 7) is 4.49. The molecular weight excluding hydrogens is 392 g/mol. The van der Waals surface area contributed by atoms with Crippen molar-refractivity contribution in [3.63, 3.8) is 0 Å². The normalized spacial score (nSPS) is 17.4. The average molecular weight is 421 g/mol. The van der Waals surface area contributed by atoms with E-state index in [9.17, 15) is 9.59 Å². The van der Waals surface area contributed by atoms with Crippen LogP contribution in [0, 0.1) is 11.8 Å². The topological polar surface area (TPSA) is 76.5 Å². The molecule has 1 aromatic heterocycles. The third kappa shape index (κ3) is 4.00. The maximum Gasteiger partial charge on any atom is 0.227 e. The summed E-state index contributed by atoms with van der Waals surface area (Å²) >= 11 is 0. The van der Waals surface area contributed by atoms with Crippen LogP contribution in [-0.2, 0) is 16.6 Å². The number of hydrogen-bond donors (Lipinski definition) is 1. The predicted molar refractivity (Wildman–Crippen MR) is 120 cm³/mol. The number of carbonyl (C=O) groups is 2.